The van der Waals surface area contributed by atoms with Gasteiger partial charge in [-0.25, -0.2) is 0 Å². The fourth-order valence-electron chi connectivity index (χ4n) is 2.60. The number of benzene rings is 1. The molecule has 3 rings (SSSR count). The summed E-state index contributed by atoms with van der Waals surface area (Å²) < 4.78 is 0. The van der Waals surface area contributed by atoms with Crippen molar-refractivity contribution in [3.8, 4) is 0 Å². The second-order valence-corrected chi connectivity index (χ2v) is 5.34. The minimum Gasteiger partial charge on any atom is -0.326 e. The smallest absolute Gasteiger partial charge is 0.244 e. The molecule has 2 N–H and O–H groups in total. The summed E-state index contributed by atoms with van der Waals surface area (Å²) in [6.45, 7) is -0.258. The summed E-state index contributed by atoms with van der Waals surface area (Å²) >= 11 is 0. The average Bonchev–Trinajstić information content (AvgIpc) is 2.79. The summed E-state index contributed by atoms with van der Waals surface area (Å²) in [4.78, 5) is 47.2. The summed E-state index contributed by atoms with van der Waals surface area (Å²) in [6.07, 6.45) is 1.38. The lowest BCUT2D eigenvalue weighted by atomic mass is 10.0. The van der Waals surface area contributed by atoms with Crippen LogP contribution in [0.5, 0.6) is 0 Å². The first-order valence-electron chi connectivity index (χ1n) is 7.09. The lowest BCUT2D eigenvalue weighted by Gasteiger charge is -2.18. The van der Waals surface area contributed by atoms with Gasteiger partial charge in [0.25, 0.3) is 0 Å². The molecule has 0 atom stereocenters. The van der Waals surface area contributed by atoms with Gasteiger partial charge in [-0.1, -0.05) is 0 Å². The Labute approximate surface area is 126 Å². The molecule has 1 aromatic rings. The Morgan fingerprint density at radius 2 is 1.82 bits per heavy atom. The molecule has 2 aliphatic rings. The van der Waals surface area contributed by atoms with Crippen molar-refractivity contribution in [1.29, 1.82) is 0 Å². The maximum atomic E-state index is 12.0. The van der Waals surface area contributed by atoms with Crippen LogP contribution < -0.4 is 10.6 Å². The van der Waals surface area contributed by atoms with Crippen LogP contribution in [-0.2, 0) is 25.6 Å². The number of hydrogen-bond acceptors (Lipinski definition) is 4. The number of hydrogen-bond donors (Lipinski definition) is 2. The summed E-state index contributed by atoms with van der Waals surface area (Å²) in [5, 5.41) is 5.44. The number of aryl methyl sites for hydroxylation is 1. The minimum absolute atomic E-state index is 0.0182. The highest BCUT2D eigenvalue weighted by atomic mass is 16.2. The zero-order valence-corrected chi connectivity index (χ0v) is 11.8. The van der Waals surface area contributed by atoms with E-state index in [9.17, 15) is 19.2 Å². The molecule has 1 saturated heterocycles. The van der Waals surface area contributed by atoms with Gasteiger partial charge in [0.2, 0.25) is 23.6 Å². The predicted octanol–water partition coefficient (Wildman–Crippen LogP) is 0.659. The standard InChI is InChI=1S/C15H15N3O4/c19-12-4-1-9-7-10(2-3-11(9)17-12)16-13(20)8-18-14(21)5-6-15(18)22/h2-3,7H,1,4-6,8H2,(H,16,20)(H,17,19). The maximum absolute atomic E-state index is 12.0. The van der Waals surface area contributed by atoms with Crippen LogP contribution in [0.15, 0.2) is 18.2 Å². The molecule has 0 unspecified atom stereocenters. The molecule has 7 heteroatoms. The van der Waals surface area contributed by atoms with E-state index in [1.165, 1.54) is 0 Å². The second kappa shape index (κ2) is 5.59. The average molecular weight is 301 g/mol. The number of likely N-dealkylation sites (tertiary alicyclic amines) is 1. The molecule has 114 valence electrons. The third-order valence-corrected chi connectivity index (χ3v) is 3.74. The van der Waals surface area contributed by atoms with Crippen LogP contribution in [0, 0.1) is 0 Å². The molecule has 0 bridgehead atoms. The van der Waals surface area contributed by atoms with Gasteiger partial charge >= 0.3 is 0 Å². The SMILES string of the molecule is O=C(CN1C(=O)CCC1=O)Nc1ccc2c(c1)CCC(=O)N2. The predicted molar refractivity (Wildman–Crippen MR) is 78.0 cm³/mol. The number of fused-ring (bicyclic) bond motifs is 1. The Bertz CT molecular complexity index is 667. The normalized spacial score (nSPS) is 17.3. The third kappa shape index (κ3) is 2.83. The van der Waals surface area contributed by atoms with Crippen molar-refractivity contribution in [2.45, 2.75) is 25.7 Å². The third-order valence-electron chi connectivity index (χ3n) is 3.74. The molecular formula is C15H15N3O4. The van der Waals surface area contributed by atoms with E-state index in [4.69, 9.17) is 0 Å². The van der Waals surface area contributed by atoms with E-state index >= 15 is 0 Å². The summed E-state index contributed by atoms with van der Waals surface area (Å²) in [5.74, 6) is -1.06. The minimum atomic E-state index is -0.414. The van der Waals surface area contributed by atoms with Crippen molar-refractivity contribution in [2.75, 3.05) is 17.2 Å². The van der Waals surface area contributed by atoms with E-state index in [1.54, 1.807) is 18.2 Å². The van der Waals surface area contributed by atoms with Gasteiger partial charge in [-0.05, 0) is 30.2 Å². The van der Waals surface area contributed by atoms with E-state index in [2.05, 4.69) is 10.6 Å². The van der Waals surface area contributed by atoms with Gasteiger partial charge < -0.3 is 10.6 Å². The van der Waals surface area contributed by atoms with Crippen molar-refractivity contribution >= 4 is 35.0 Å². The van der Waals surface area contributed by atoms with E-state index in [0.717, 1.165) is 16.2 Å². The summed E-state index contributed by atoms with van der Waals surface area (Å²) in [6, 6.07) is 5.20. The highest BCUT2D eigenvalue weighted by molar-refractivity contribution is 6.06. The highest BCUT2D eigenvalue weighted by Crippen LogP contribution is 2.25. The lowest BCUT2D eigenvalue weighted by Crippen LogP contribution is -2.36. The Hall–Kier alpha value is -2.70. The van der Waals surface area contributed by atoms with Gasteiger partial charge in [-0.15, -0.1) is 0 Å². The van der Waals surface area contributed by atoms with Gasteiger partial charge in [-0.2, -0.15) is 0 Å². The van der Waals surface area contributed by atoms with Crippen molar-refractivity contribution < 1.29 is 19.2 Å². The number of imide groups is 1. The molecule has 1 fully saturated rings. The van der Waals surface area contributed by atoms with Crippen LogP contribution in [-0.4, -0.2) is 35.1 Å². The zero-order valence-electron chi connectivity index (χ0n) is 11.8. The van der Waals surface area contributed by atoms with E-state index in [-0.39, 0.29) is 37.1 Å². The Morgan fingerprint density at radius 3 is 2.55 bits per heavy atom. The number of nitrogens with one attached hydrogen (secondary N) is 2. The van der Waals surface area contributed by atoms with E-state index in [0.29, 0.717) is 18.5 Å². The van der Waals surface area contributed by atoms with Crippen molar-refractivity contribution in [3.63, 3.8) is 0 Å². The number of carbonyl (C=O) groups excluding carboxylic acids is 4. The van der Waals surface area contributed by atoms with E-state index in [1.807, 2.05) is 0 Å². The second-order valence-electron chi connectivity index (χ2n) is 5.34. The number of carbonyl (C=O) groups is 4. The molecule has 2 aliphatic heterocycles. The largest absolute Gasteiger partial charge is 0.326 e. The monoisotopic (exact) mass is 301 g/mol. The molecule has 22 heavy (non-hydrogen) atoms. The van der Waals surface area contributed by atoms with Gasteiger partial charge in [0.05, 0.1) is 0 Å². The molecule has 0 saturated carbocycles. The van der Waals surface area contributed by atoms with Crippen molar-refractivity contribution in [1.82, 2.24) is 4.90 Å². The summed E-state index contributed by atoms with van der Waals surface area (Å²) in [5.41, 5.74) is 2.28. The quantitative estimate of drug-likeness (QED) is 0.802. The first-order chi connectivity index (χ1) is 10.5. The van der Waals surface area contributed by atoms with Crippen LogP contribution in [0.4, 0.5) is 11.4 Å². The van der Waals surface area contributed by atoms with E-state index < -0.39 is 5.91 Å². The molecule has 0 aromatic heterocycles. The van der Waals surface area contributed by atoms with Crippen LogP contribution >= 0.6 is 0 Å². The molecule has 0 spiro atoms. The van der Waals surface area contributed by atoms with Crippen LogP contribution in [0.2, 0.25) is 0 Å². The molecule has 7 nitrogen and oxygen atoms in total. The molecular weight excluding hydrogens is 286 g/mol. The topological polar surface area (TPSA) is 95.6 Å². The van der Waals surface area contributed by atoms with Crippen molar-refractivity contribution in [3.05, 3.63) is 23.8 Å². The number of anilines is 2. The fourth-order valence-corrected chi connectivity index (χ4v) is 2.60. The Kier molecular flexibility index (Phi) is 3.62. The first kappa shape index (κ1) is 14.2. The number of rotatable bonds is 3. The van der Waals surface area contributed by atoms with Gasteiger partial charge in [0, 0.05) is 30.6 Å². The van der Waals surface area contributed by atoms with Gasteiger partial charge in [0.15, 0.2) is 0 Å². The number of nitrogens with zero attached hydrogens (tertiary/aromatic N) is 1. The van der Waals surface area contributed by atoms with Gasteiger partial charge in [0.1, 0.15) is 6.54 Å². The number of amides is 4. The van der Waals surface area contributed by atoms with Crippen molar-refractivity contribution in [2.24, 2.45) is 0 Å². The lowest BCUT2D eigenvalue weighted by molar-refractivity contribution is -0.141. The fraction of sp³-hybridized carbons (Fsp3) is 0.333. The molecule has 2 heterocycles. The van der Waals surface area contributed by atoms with Gasteiger partial charge in [-0.3, -0.25) is 24.1 Å². The van der Waals surface area contributed by atoms with Crippen LogP contribution in [0.3, 0.4) is 0 Å². The van der Waals surface area contributed by atoms with Crippen LogP contribution in [0.25, 0.3) is 0 Å². The maximum Gasteiger partial charge on any atom is 0.244 e. The molecule has 1 aromatic carbocycles. The van der Waals surface area contributed by atoms with Crippen LogP contribution in [0.1, 0.15) is 24.8 Å². The molecule has 4 amide bonds. The summed E-state index contributed by atoms with van der Waals surface area (Å²) in [7, 11) is 0. The first-order valence-corrected chi connectivity index (χ1v) is 7.09. The molecule has 0 radical (unpaired) electrons. The highest BCUT2D eigenvalue weighted by Gasteiger charge is 2.30. The zero-order chi connectivity index (χ0) is 15.7. The Balaban J connectivity index is 1.66. The molecule has 0 aliphatic carbocycles. The Morgan fingerprint density at radius 1 is 1.09 bits per heavy atom.